The number of benzene rings is 1. The number of hydrogen-bond donors (Lipinski definition) is 1. The molecule has 0 bridgehead atoms. The van der Waals surface area contributed by atoms with Gasteiger partial charge in [0.25, 0.3) is 0 Å². The zero-order chi connectivity index (χ0) is 15.5. The zero-order valence-corrected chi connectivity index (χ0v) is 13.0. The molecule has 0 saturated carbocycles. The predicted octanol–water partition coefficient (Wildman–Crippen LogP) is 2.14. The van der Waals surface area contributed by atoms with Gasteiger partial charge in [-0.25, -0.2) is 0 Å². The number of amides is 1. The highest BCUT2D eigenvalue weighted by Crippen LogP contribution is 2.33. The van der Waals surface area contributed by atoms with Crippen LogP contribution in [0.15, 0.2) is 18.2 Å². The van der Waals surface area contributed by atoms with Crippen molar-refractivity contribution in [1.82, 2.24) is 4.90 Å². The molecule has 1 amide bonds. The van der Waals surface area contributed by atoms with Gasteiger partial charge in [-0.15, -0.1) is 0 Å². The molecular weight excluding hydrogens is 268 g/mol. The van der Waals surface area contributed by atoms with Crippen LogP contribution in [0.4, 0.5) is 0 Å². The molecule has 0 spiro atoms. The fraction of sp³-hybridized carbons (Fsp3) is 0.562. The summed E-state index contributed by atoms with van der Waals surface area (Å²) in [6.07, 6.45) is 1.51. The highest BCUT2D eigenvalue weighted by atomic mass is 16.7. The maximum Gasteiger partial charge on any atom is 0.231 e. The van der Waals surface area contributed by atoms with Crippen molar-refractivity contribution >= 4 is 5.91 Å². The van der Waals surface area contributed by atoms with E-state index in [0.29, 0.717) is 13.1 Å². The fourth-order valence-electron chi connectivity index (χ4n) is 2.72. The summed E-state index contributed by atoms with van der Waals surface area (Å²) in [6.45, 7) is 5.21. The van der Waals surface area contributed by atoms with Crippen molar-refractivity contribution in [1.29, 1.82) is 0 Å². The van der Waals surface area contributed by atoms with Crippen molar-refractivity contribution < 1.29 is 14.3 Å². The first-order chi connectivity index (χ1) is 10.1. The van der Waals surface area contributed by atoms with Crippen molar-refractivity contribution in [2.24, 2.45) is 11.1 Å². The van der Waals surface area contributed by atoms with Gasteiger partial charge in [-0.1, -0.05) is 19.9 Å². The molecular formula is C16H24N2O3. The molecule has 0 saturated heterocycles. The number of ether oxygens (including phenoxy) is 2. The summed E-state index contributed by atoms with van der Waals surface area (Å²) >= 11 is 0. The lowest BCUT2D eigenvalue weighted by atomic mass is 9.81. The summed E-state index contributed by atoms with van der Waals surface area (Å²) in [5, 5.41) is 0. The van der Waals surface area contributed by atoms with Crippen LogP contribution in [0.2, 0.25) is 0 Å². The molecule has 116 valence electrons. The molecule has 0 unspecified atom stereocenters. The first-order valence-electron chi connectivity index (χ1n) is 7.40. The van der Waals surface area contributed by atoms with E-state index in [4.69, 9.17) is 15.2 Å². The van der Waals surface area contributed by atoms with E-state index in [1.54, 1.807) is 4.90 Å². The Kier molecular flexibility index (Phi) is 4.73. The quantitative estimate of drug-likeness (QED) is 0.872. The van der Waals surface area contributed by atoms with Gasteiger partial charge in [0.2, 0.25) is 12.7 Å². The van der Waals surface area contributed by atoms with E-state index in [9.17, 15) is 4.79 Å². The summed E-state index contributed by atoms with van der Waals surface area (Å²) in [5.41, 5.74) is 6.42. The highest BCUT2D eigenvalue weighted by Gasteiger charge is 2.35. The first kappa shape index (κ1) is 15.6. The second-order valence-corrected chi connectivity index (χ2v) is 5.54. The third kappa shape index (κ3) is 2.97. The van der Waals surface area contributed by atoms with Crippen LogP contribution in [-0.2, 0) is 11.3 Å². The van der Waals surface area contributed by atoms with Crippen molar-refractivity contribution in [3.8, 4) is 11.5 Å². The summed E-state index contributed by atoms with van der Waals surface area (Å²) in [7, 11) is 1.82. The minimum Gasteiger partial charge on any atom is -0.454 e. The molecule has 5 nitrogen and oxygen atoms in total. The van der Waals surface area contributed by atoms with E-state index >= 15 is 0 Å². The Morgan fingerprint density at radius 3 is 2.57 bits per heavy atom. The first-order valence-corrected chi connectivity index (χ1v) is 7.40. The number of rotatable bonds is 6. The Morgan fingerprint density at radius 1 is 1.29 bits per heavy atom. The third-order valence-electron chi connectivity index (χ3n) is 4.40. The Labute approximate surface area is 126 Å². The number of nitrogens with two attached hydrogens (primary N) is 1. The molecule has 1 aliphatic heterocycles. The lowest BCUT2D eigenvalue weighted by Crippen LogP contribution is -2.45. The standard InChI is InChI=1S/C16H24N2O3/c1-4-16(5-2,10-17)15(19)18(3)9-12-6-7-13-14(8-12)21-11-20-13/h6-8H,4-5,9-11,17H2,1-3H3. The molecule has 1 aromatic carbocycles. The number of nitrogens with zero attached hydrogens (tertiary/aromatic N) is 1. The van der Waals surface area contributed by atoms with E-state index in [2.05, 4.69) is 0 Å². The average Bonchev–Trinajstić information content (AvgIpc) is 2.97. The average molecular weight is 292 g/mol. The van der Waals surface area contributed by atoms with Crippen molar-refractivity contribution in [3.05, 3.63) is 23.8 Å². The Balaban J connectivity index is 2.10. The van der Waals surface area contributed by atoms with Crippen molar-refractivity contribution in [3.63, 3.8) is 0 Å². The van der Waals surface area contributed by atoms with Gasteiger partial charge in [-0.3, -0.25) is 4.79 Å². The molecule has 0 fully saturated rings. The molecule has 1 aliphatic rings. The molecule has 0 atom stereocenters. The van der Waals surface area contributed by atoms with E-state index < -0.39 is 5.41 Å². The lowest BCUT2D eigenvalue weighted by molar-refractivity contribution is -0.141. The van der Waals surface area contributed by atoms with E-state index in [1.165, 1.54) is 0 Å². The summed E-state index contributed by atoms with van der Waals surface area (Å²) < 4.78 is 10.7. The van der Waals surface area contributed by atoms with E-state index in [1.807, 2.05) is 39.1 Å². The molecule has 0 aliphatic carbocycles. The predicted molar refractivity (Wildman–Crippen MR) is 81.1 cm³/mol. The number of carbonyl (C=O) groups excluding carboxylic acids is 1. The second kappa shape index (κ2) is 6.35. The van der Waals surface area contributed by atoms with Crippen LogP contribution in [0.1, 0.15) is 32.3 Å². The van der Waals surface area contributed by atoms with Crippen LogP contribution in [0.5, 0.6) is 11.5 Å². The van der Waals surface area contributed by atoms with Gasteiger partial charge in [0.15, 0.2) is 11.5 Å². The smallest absolute Gasteiger partial charge is 0.231 e. The molecule has 0 radical (unpaired) electrons. The summed E-state index contributed by atoms with van der Waals surface area (Å²) in [4.78, 5) is 14.4. The molecule has 0 aromatic heterocycles. The van der Waals surface area contributed by atoms with Gasteiger partial charge in [-0.05, 0) is 30.5 Å². The SMILES string of the molecule is CCC(CC)(CN)C(=O)N(C)Cc1ccc2c(c1)OCO2. The number of fused-ring (bicyclic) bond motifs is 1. The maximum absolute atomic E-state index is 12.7. The van der Waals surface area contributed by atoms with Gasteiger partial charge in [-0.2, -0.15) is 0 Å². The molecule has 2 rings (SSSR count). The molecule has 2 N–H and O–H groups in total. The number of carbonyl (C=O) groups is 1. The van der Waals surface area contributed by atoms with Gasteiger partial charge in [0.1, 0.15) is 0 Å². The molecule has 21 heavy (non-hydrogen) atoms. The zero-order valence-electron chi connectivity index (χ0n) is 13.0. The summed E-state index contributed by atoms with van der Waals surface area (Å²) in [6, 6.07) is 5.76. The molecule has 1 aromatic rings. The van der Waals surface area contributed by atoms with Crippen molar-refractivity contribution in [2.45, 2.75) is 33.2 Å². The Hall–Kier alpha value is -1.75. The third-order valence-corrected chi connectivity index (χ3v) is 4.40. The van der Waals surface area contributed by atoms with Crippen LogP contribution >= 0.6 is 0 Å². The van der Waals surface area contributed by atoms with Gasteiger partial charge < -0.3 is 20.1 Å². The fourth-order valence-corrected chi connectivity index (χ4v) is 2.72. The van der Waals surface area contributed by atoms with Crippen LogP contribution < -0.4 is 15.2 Å². The molecule has 1 heterocycles. The minimum atomic E-state index is -0.453. The largest absolute Gasteiger partial charge is 0.454 e. The van der Waals surface area contributed by atoms with Crippen LogP contribution in [0.3, 0.4) is 0 Å². The molecule has 5 heteroatoms. The van der Waals surface area contributed by atoms with E-state index in [-0.39, 0.29) is 12.7 Å². The van der Waals surface area contributed by atoms with Gasteiger partial charge in [0, 0.05) is 20.1 Å². The highest BCUT2D eigenvalue weighted by molar-refractivity contribution is 5.82. The second-order valence-electron chi connectivity index (χ2n) is 5.54. The maximum atomic E-state index is 12.7. The topological polar surface area (TPSA) is 64.8 Å². The van der Waals surface area contributed by atoms with Crippen molar-refractivity contribution in [2.75, 3.05) is 20.4 Å². The number of hydrogen-bond acceptors (Lipinski definition) is 4. The van der Waals surface area contributed by atoms with Crippen LogP contribution in [-0.4, -0.2) is 31.2 Å². The minimum absolute atomic E-state index is 0.104. The normalized spacial score (nSPS) is 13.3. The van der Waals surface area contributed by atoms with Crippen LogP contribution in [0.25, 0.3) is 0 Å². The van der Waals surface area contributed by atoms with Gasteiger partial charge in [0.05, 0.1) is 5.41 Å². The lowest BCUT2D eigenvalue weighted by Gasteiger charge is -2.33. The monoisotopic (exact) mass is 292 g/mol. The van der Waals surface area contributed by atoms with Crippen LogP contribution in [0, 0.1) is 5.41 Å². The van der Waals surface area contributed by atoms with E-state index in [0.717, 1.165) is 29.9 Å². The Bertz CT molecular complexity index is 504. The summed E-state index contributed by atoms with van der Waals surface area (Å²) in [5.74, 6) is 1.60. The Morgan fingerprint density at radius 2 is 1.95 bits per heavy atom. The van der Waals surface area contributed by atoms with Gasteiger partial charge >= 0.3 is 0 Å².